The number of nitrogens with zero attached hydrogens (tertiary/aromatic N) is 2. The fourth-order valence-corrected chi connectivity index (χ4v) is 3.71. The van der Waals surface area contributed by atoms with Gasteiger partial charge in [0.05, 0.1) is 29.2 Å². The van der Waals surface area contributed by atoms with Gasteiger partial charge in [0.25, 0.3) is 0 Å². The Bertz CT molecular complexity index is 1090. The van der Waals surface area contributed by atoms with Crippen LogP contribution in [0.25, 0.3) is 11.0 Å². The predicted molar refractivity (Wildman–Crippen MR) is 114 cm³/mol. The van der Waals surface area contributed by atoms with Gasteiger partial charge in [-0.2, -0.15) is 0 Å². The summed E-state index contributed by atoms with van der Waals surface area (Å²) in [6.07, 6.45) is 0.210. The minimum Gasteiger partial charge on any atom is -0.486 e. The lowest BCUT2D eigenvalue weighted by molar-refractivity contribution is -0.121. The highest BCUT2D eigenvalue weighted by molar-refractivity contribution is 7.09. The second-order valence-corrected chi connectivity index (χ2v) is 7.96. The molecule has 148 valence electrons. The molecule has 2 heterocycles. The summed E-state index contributed by atoms with van der Waals surface area (Å²) < 4.78 is 5.69. The van der Waals surface area contributed by atoms with E-state index in [0.29, 0.717) is 11.6 Å². The van der Waals surface area contributed by atoms with Crippen LogP contribution in [0.5, 0.6) is 5.75 Å². The van der Waals surface area contributed by atoms with Crippen molar-refractivity contribution in [2.75, 3.05) is 0 Å². The molecule has 0 bridgehead atoms. The Hall–Kier alpha value is -2.90. The molecule has 0 saturated carbocycles. The minimum absolute atomic E-state index is 0.103. The molecule has 0 radical (unpaired) electrons. The highest BCUT2D eigenvalue weighted by Crippen LogP contribution is 2.19. The highest BCUT2D eigenvalue weighted by Gasteiger charge is 2.15. The fraction of sp³-hybridized carbons (Fsp3) is 0.190. The van der Waals surface area contributed by atoms with Gasteiger partial charge in [-0.15, -0.1) is 11.3 Å². The van der Waals surface area contributed by atoms with Gasteiger partial charge in [-0.3, -0.25) is 4.79 Å². The van der Waals surface area contributed by atoms with Crippen LogP contribution in [-0.2, 0) is 17.8 Å². The molecule has 0 fully saturated rings. The first-order chi connectivity index (χ1) is 14.1. The number of carbonyl (C=O) groups is 1. The van der Waals surface area contributed by atoms with Gasteiger partial charge in [-0.05, 0) is 43.3 Å². The number of para-hydroxylation sites is 2. The highest BCUT2D eigenvalue weighted by atomic mass is 35.5. The summed E-state index contributed by atoms with van der Waals surface area (Å²) in [7, 11) is 0. The first kappa shape index (κ1) is 19.4. The number of hydrogen-bond donors (Lipinski definition) is 2. The zero-order valence-corrected chi connectivity index (χ0v) is 17.3. The van der Waals surface area contributed by atoms with Crippen molar-refractivity contribution in [1.82, 2.24) is 20.3 Å². The van der Waals surface area contributed by atoms with Crippen LogP contribution in [0.15, 0.2) is 53.9 Å². The number of hydrogen-bond acceptors (Lipinski definition) is 5. The molecule has 8 heteroatoms. The number of H-pyrrole nitrogens is 1. The van der Waals surface area contributed by atoms with E-state index in [1.165, 1.54) is 11.3 Å². The van der Waals surface area contributed by atoms with Gasteiger partial charge < -0.3 is 15.0 Å². The smallest absolute Gasteiger partial charge is 0.226 e. The molecule has 0 aliphatic heterocycles. The van der Waals surface area contributed by atoms with Gasteiger partial charge in [-0.25, -0.2) is 9.97 Å². The average molecular weight is 427 g/mol. The third-order valence-corrected chi connectivity index (χ3v) is 5.44. The van der Waals surface area contributed by atoms with Crippen LogP contribution in [0.2, 0.25) is 5.02 Å². The molecule has 2 N–H and O–H groups in total. The number of halogens is 1. The zero-order valence-electron chi connectivity index (χ0n) is 15.7. The Labute approximate surface area is 176 Å². The maximum atomic E-state index is 12.4. The van der Waals surface area contributed by atoms with Gasteiger partial charge >= 0.3 is 0 Å². The van der Waals surface area contributed by atoms with Crippen LogP contribution >= 0.6 is 22.9 Å². The van der Waals surface area contributed by atoms with E-state index in [4.69, 9.17) is 16.3 Å². The summed E-state index contributed by atoms with van der Waals surface area (Å²) in [6, 6.07) is 14.7. The molecule has 29 heavy (non-hydrogen) atoms. The molecule has 4 aromatic rings. The Kier molecular flexibility index (Phi) is 5.78. The van der Waals surface area contributed by atoms with E-state index in [9.17, 15) is 4.79 Å². The van der Waals surface area contributed by atoms with Gasteiger partial charge in [-0.1, -0.05) is 23.7 Å². The molecule has 2 aromatic carbocycles. The zero-order chi connectivity index (χ0) is 20.2. The molecule has 1 amide bonds. The third-order valence-electron chi connectivity index (χ3n) is 4.31. The van der Waals surface area contributed by atoms with E-state index in [2.05, 4.69) is 20.3 Å². The topological polar surface area (TPSA) is 79.9 Å². The summed E-state index contributed by atoms with van der Waals surface area (Å²) in [6.45, 7) is 2.26. The van der Waals surface area contributed by atoms with Crippen LogP contribution in [-0.4, -0.2) is 20.9 Å². The molecule has 6 nitrogen and oxygen atoms in total. The number of benzene rings is 2. The molecular weight excluding hydrogens is 408 g/mol. The monoisotopic (exact) mass is 426 g/mol. The van der Waals surface area contributed by atoms with E-state index < -0.39 is 0 Å². The van der Waals surface area contributed by atoms with Crippen molar-refractivity contribution in [2.24, 2.45) is 0 Å². The van der Waals surface area contributed by atoms with Crippen LogP contribution in [0.4, 0.5) is 0 Å². The van der Waals surface area contributed by atoms with Crippen molar-refractivity contribution >= 4 is 39.9 Å². The summed E-state index contributed by atoms with van der Waals surface area (Å²) in [5.41, 5.74) is 2.56. The van der Waals surface area contributed by atoms with Crippen molar-refractivity contribution in [3.05, 3.63) is 75.5 Å². The normalized spacial score (nSPS) is 12.1. The molecule has 0 spiro atoms. The molecule has 1 atom stereocenters. The average Bonchev–Trinajstić information content (AvgIpc) is 3.34. The quantitative estimate of drug-likeness (QED) is 0.450. The largest absolute Gasteiger partial charge is 0.486 e. The first-order valence-electron chi connectivity index (χ1n) is 9.12. The van der Waals surface area contributed by atoms with Crippen LogP contribution < -0.4 is 10.1 Å². The third kappa shape index (κ3) is 4.93. The van der Waals surface area contributed by atoms with E-state index in [1.54, 1.807) is 12.1 Å². The van der Waals surface area contributed by atoms with Crippen molar-refractivity contribution in [3.63, 3.8) is 0 Å². The Morgan fingerprint density at radius 3 is 2.79 bits per heavy atom. The maximum absolute atomic E-state index is 12.4. The van der Waals surface area contributed by atoms with Crippen LogP contribution in [0.3, 0.4) is 0 Å². The molecule has 2 aromatic heterocycles. The van der Waals surface area contributed by atoms with Crippen molar-refractivity contribution in [1.29, 1.82) is 0 Å². The fourth-order valence-electron chi connectivity index (χ4n) is 2.88. The second-order valence-electron chi connectivity index (χ2n) is 6.58. The number of aromatic amines is 1. The van der Waals surface area contributed by atoms with Crippen molar-refractivity contribution in [3.8, 4) is 5.75 Å². The Morgan fingerprint density at radius 2 is 2.00 bits per heavy atom. The number of thiazole rings is 1. The van der Waals surface area contributed by atoms with E-state index in [-0.39, 0.29) is 18.4 Å². The van der Waals surface area contributed by atoms with Gasteiger partial charge in [0.2, 0.25) is 5.91 Å². The lowest BCUT2D eigenvalue weighted by Gasteiger charge is -2.10. The van der Waals surface area contributed by atoms with E-state index >= 15 is 0 Å². The molecule has 0 aliphatic rings. The Balaban J connectivity index is 1.30. The first-order valence-corrected chi connectivity index (χ1v) is 10.4. The minimum atomic E-state index is -0.221. The molecule has 4 rings (SSSR count). The maximum Gasteiger partial charge on any atom is 0.226 e. The summed E-state index contributed by atoms with van der Waals surface area (Å²) in [5.74, 6) is 1.35. The SMILES string of the molecule is C[C@H](NC(=O)Cc1csc(COc2ccc(Cl)cc2)n1)c1nc2ccccc2[nH]1. The van der Waals surface area contributed by atoms with Crippen molar-refractivity contribution in [2.45, 2.75) is 26.0 Å². The van der Waals surface area contributed by atoms with Crippen molar-refractivity contribution < 1.29 is 9.53 Å². The van der Waals surface area contributed by atoms with Gasteiger partial charge in [0.15, 0.2) is 0 Å². The number of aromatic nitrogens is 3. The summed E-state index contributed by atoms with van der Waals surface area (Å²) in [4.78, 5) is 24.6. The number of carbonyl (C=O) groups excluding carboxylic acids is 1. The predicted octanol–water partition coefficient (Wildman–Crippen LogP) is 4.67. The number of imidazole rings is 1. The molecule has 0 aliphatic carbocycles. The molecule has 0 saturated heterocycles. The lowest BCUT2D eigenvalue weighted by atomic mass is 10.2. The second kappa shape index (κ2) is 8.63. The number of ether oxygens (including phenoxy) is 1. The van der Waals surface area contributed by atoms with Crippen LogP contribution in [0, 0.1) is 0 Å². The van der Waals surface area contributed by atoms with Crippen LogP contribution in [0.1, 0.15) is 29.5 Å². The van der Waals surface area contributed by atoms with Gasteiger partial charge in [0.1, 0.15) is 23.2 Å². The number of nitrogens with one attached hydrogen (secondary N) is 2. The lowest BCUT2D eigenvalue weighted by Crippen LogP contribution is -2.28. The standard InChI is InChI=1S/C21H19ClN4O2S/c1-13(21-25-17-4-2-3-5-18(17)26-21)23-19(27)10-15-12-29-20(24-15)11-28-16-8-6-14(22)7-9-16/h2-9,12-13H,10-11H2,1H3,(H,23,27)(H,25,26)/t13-/m0/s1. The van der Waals surface area contributed by atoms with E-state index in [1.807, 2.05) is 48.7 Å². The number of rotatable bonds is 7. The number of fused-ring (bicyclic) bond motifs is 1. The van der Waals surface area contributed by atoms with Gasteiger partial charge in [0, 0.05) is 10.4 Å². The summed E-state index contributed by atoms with van der Waals surface area (Å²) in [5, 5.41) is 6.32. The Morgan fingerprint density at radius 1 is 1.21 bits per heavy atom. The molecule has 0 unspecified atom stereocenters. The summed E-state index contributed by atoms with van der Waals surface area (Å²) >= 11 is 7.34. The molecular formula is C21H19ClN4O2S. The number of amides is 1. The van der Waals surface area contributed by atoms with E-state index in [0.717, 1.165) is 33.3 Å².